The number of methoxy groups -OCH3 is 1. The third-order valence-corrected chi connectivity index (χ3v) is 9.14. The summed E-state index contributed by atoms with van der Waals surface area (Å²) < 4.78 is 33.5. The van der Waals surface area contributed by atoms with Crippen molar-refractivity contribution in [1.82, 2.24) is 14.2 Å². The van der Waals surface area contributed by atoms with Gasteiger partial charge in [-0.1, -0.05) is 17.7 Å². The Morgan fingerprint density at radius 3 is 2.55 bits per heavy atom. The standard InChI is InChI=1S/C28H34N4O7S/c1-18-8-11-20(12-9-18)40(37,38)31-15-5-7-24(31)27(34)32(25(28(35)36)6-3-4-14-29)26(33)22-17-30-23-13-10-19(39-2)16-21(22)23/h8-13,16-17,24-25,30H,3-7,14-15,29H2,1-2H3,(H,35,36)/t24-,25-/m0/s1. The maximum Gasteiger partial charge on any atom is 0.326 e. The number of carbonyl (C=O) groups is 3. The molecule has 0 spiro atoms. The zero-order chi connectivity index (χ0) is 29.0. The molecule has 0 aliphatic carbocycles. The third-order valence-electron chi connectivity index (χ3n) is 7.22. The van der Waals surface area contributed by atoms with E-state index in [1.165, 1.54) is 25.4 Å². The van der Waals surface area contributed by atoms with Gasteiger partial charge in [0.25, 0.3) is 5.91 Å². The first-order valence-electron chi connectivity index (χ1n) is 13.1. The molecule has 0 bridgehead atoms. The van der Waals surface area contributed by atoms with Crippen LogP contribution in [0.3, 0.4) is 0 Å². The number of carbonyl (C=O) groups excluding carboxylic acids is 2. The van der Waals surface area contributed by atoms with E-state index in [2.05, 4.69) is 4.98 Å². The maximum atomic E-state index is 14.1. The number of aromatic nitrogens is 1. The molecule has 2 atom stereocenters. The SMILES string of the molecule is COc1ccc2[nH]cc(C(=O)N(C(=O)[C@@H]3CCCN3S(=O)(=O)c3ccc(C)cc3)[C@@H](CCCCN)C(=O)O)c2c1. The maximum absolute atomic E-state index is 14.1. The van der Waals surface area contributed by atoms with Crippen molar-refractivity contribution < 1.29 is 32.6 Å². The lowest BCUT2D eigenvalue weighted by Crippen LogP contribution is -2.55. The largest absolute Gasteiger partial charge is 0.497 e. The molecule has 1 aliphatic heterocycles. The smallest absolute Gasteiger partial charge is 0.326 e. The van der Waals surface area contributed by atoms with Crippen LogP contribution >= 0.6 is 0 Å². The highest BCUT2D eigenvalue weighted by Crippen LogP contribution is 2.31. The normalized spacial score (nSPS) is 16.6. The molecule has 214 valence electrons. The van der Waals surface area contributed by atoms with Gasteiger partial charge in [-0.05, 0) is 75.9 Å². The number of fused-ring (bicyclic) bond motifs is 1. The molecule has 12 heteroatoms. The van der Waals surface area contributed by atoms with Crippen molar-refractivity contribution in [3.05, 3.63) is 59.8 Å². The summed E-state index contributed by atoms with van der Waals surface area (Å²) in [6.45, 7) is 2.23. The van der Waals surface area contributed by atoms with Gasteiger partial charge in [0.2, 0.25) is 15.9 Å². The van der Waals surface area contributed by atoms with Crippen LogP contribution in [0.1, 0.15) is 48.0 Å². The number of nitrogens with zero attached hydrogens (tertiary/aromatic N) is 2. The van der Waals surface area contributed by atoms with E-state index in [1.807, 2.05) is 6.92 Å². The number of imide groups is 1. The Bertz CT molecular complexity index is 1500. The summed E-state index contributed by atoms with van der Waals surface area (Å²) in [5.74, 6) is -2.58. The number of H-pyrrole nitrogens is 1. The quantitative estimate of drug-likeness (QED) is 0.234. The van der Waals surface area contributed by atoms with Crippen LogP contribution in [0.2, 0.25) is 0 Å². The highest BCUT2D eigenvalue weighted by molar-refractivity contribution is 7.89. The fourth-order valence-corrected chi connectivity index (χ4v) is 6.71. The lowest BCUT2D eigenvalue weighted by atomic mass is 10.0. The fraction of sp³-hybridized carbons (Fsp3) is 0.393. The highest BCUT2D eigenvalue weighted by atomic mass is 32.2. The summed E-state index contributed by atoms with van der Waals surface area (Å²) in [6.07, 6.45) is 2.81. The van der Waals surface area contributed by atoms with Gasteiger partial charge in [-0.3, -0.25) is 14.5 Å². The van der Waals surface area contributed by atoms with E-state index in [0.29, 0.717) is 42.5 Å². The van der Waals surface area contributed by atoms with E-state index in [0.717, 1.165) is 14.8 Å². The van der Waals surface area contributed by atoms with Crippen molar-refractivity contribution in [1.29, 1.82) is 0 Å². The van der Waals surface area contributed by atoms with Crippen molar-refractivity contribution in [3.8, 4) is 5.75 Å². The molecule has 11 nitrogen and oxygen atoms in total. The van der Waals surface area contributed by atoms with Gasteiger partial charge < -0.3 is 20.6 Å². The number of unbranched alkanes of at least 4 members (excludes halogenated alkanes) is 1. The average Bonchev–Trinajstić information content (AvgIpc) is 3.60. The van der Waals surface area contributed by atoms with Gasteiger partial charge in [-0.25, -0.2) is 13.2 Å². The first-order valence-corrected chi connectivity index (χ1v) is 14.6. The minimum atomic E-state index is -4.09. The molecule has 2 amide bonds. The second kappa shape index (κ2) is 12.2. The molecule has 0 radical (unpaired) electrons. The second-order valence-electron chi connectivity index (χ2n) is 9.85. The van der Waals surface area contributed by atoms with Crippen molar-refractivity contribution in [2.24, 2.45) is 5.73 Å². The highest BCUT2D eigenvalue weighted by Gasteiger charge is 2.46. The zero-order valence-electron chi connectivity index (χ0n) is 22.5. The number of hydrogen-bond acceptors (Lipinski definition) is 7. The molecule has 2 aromatic carbocycles. The van der Waals surface area contributed by atoms with Crippen molar-refractivity contribution in [3.63, 3.8) is 0 Å². The molecule has 2 heterocycles. The summed E-state index contributed by atoms with van der Waals surface area (Å²) in [7, 11) is -2.61. The molecule has 1 saturated heterocycles. The number of rotatable bonds is 11. The molecular formula is C28H34N4O7S. The third kappa shape index (κ3) is 5.74. The molecule has 3 aromatic rings. The topological polar surface area (TPSA) is 163 Å². The molecule has 0 unspecified atom stereocenters. The molecule has 1 aliphatic rings. The summed E-state index contributed by atoms with van der Waals surface area (Å²) in [5, 5.41) is 10.6. The fourth-order valence-electron chi connectivity index (χ4n) is 5.05. The zero-order valence-corrected chi connectivity index (χ0v) is 23.3. The van der Waals surface area contributed by atoms with E-state index >= 15 is 0 Å². The Hall–Kier alpha value is -3.74. The number of nitrogens with two attached hydrogens (primary N) is 1. The minimum absolute atomic E-state index is 0.0207. The van der Waals surface area contributed by atoms with Crippen LogP contribution in [-0.2, 0) is 19.6 Å². The minimum Gasteiger partial charge on any atom is -0.497 e. The lowest BCUT2D eigenvalue weighted by Gasteiger charge is -2.32. The van der Waals surface area contributed by atoms with Gasteiger partial charge in [-0.2, -0.15) is 4.31 Å². The van der Waals surface area contributed by atoms with Crippen molar-refractivity contribution >= 4 is 38.7 Å². The molecular weight excluding hydrogens is 536 g/mol. The van der Waals surface area contributed by atoms with E-state index in [1.54, 1.807) is 30.3 Å². The number of aromatic amines is 1. The van der Waals surface area contributed by atoms with Gasteiger partial charge in [-0.15, -0.1) is 0 Å². The van der Waals surface area contributed by atoms with Gasteiger partial charge in [0.15, 0.2) is 0 Å². The van der Waals surface area contributed by atoms with Crippen LogP contribution in [0.5, 0.6) is 5.75 Å². The van der Waals surface area contributed by atoms with Gasteiger partial charge >= 0.3 is 5.97 Å². The van der Waals surface area contributed by atoms with E-state index in [4.69, 9.17) is 10.5 Å². The van der Waals surface area contributed by atoms with Crippen LogP contribution < -0.4 is 10.5 Å². The van der Waals surface area contributed by atoms with Gasteiger partial charge in [0.1, 0.15) is 17.8 Å². The number of ether oxygens (including phenoxy) is 1. The Labute approximate surface area is 232 Å². The molecule has 1 aromatic heterocycles. The predicted octanol–water partition coefficient (Wildman–Crippen LogP) is 2.89. The van der Waals surface area contributed by atoms with Gasteiger partial charge in [0.05, 0.1) is 17.6 Å². The molecule has 40 heavy (non-hydrogen) atoms. The van der Waals surface area contributed by atoms with Crippen LogP contribution in [0.25, 0.3) is 10.9 Å². The van der Waals surface area contributed by atoms with E-state index in [9.17, 15) is 27.9 Å². The Kier molecular flexibility index (Phi) is 8.92. The van der Waals surface area contributed by atoms with Crippen molar-refractivity contribution in [2.45, 2.75) is 56.0 Å². The van der Waals surface area contributed by atoms with Crippen molar-refractivity contribution in [2.75, 3.05) is 20.2 Å². The Balaban J connectivity index is 1.77. The number of carboxylic acid groups (broad SMARTS) is 1. The Morgan fingerprint density at radius 2 is 1.90 bits per heavy atom. The molecule has 0 saturated carbocycles. The van der Waals surface area contributed by atoms with Crippen LogP contribution in [0, 0.1) is 6.92 Å². The first kappa shape index (κ1) is 29.2. The van der Waals surface area contributed by atoms with Crippen LogP contribution in [-0.4, -0.2) is 77.8 Å². The summed E-state index contributed by atoms with van der Waals surface area (Å²) in [5.41, 5.74) is 7.15. The molecule has 4 N–H and O–H groups in total. The number of aliphatic carboxylic acids is 1. The van der Waals surface area contributed by atoms with E-state index in [-0.39, 0.29) is 29.8 Å². The van der Waals surface area contributed by atoms with Crippen LogP contribution in [0.15, 0.2) is 53.6 Å². The van der Waals surface area contributed by atoms with Gasteiger partial charge in [0, 0.05) is 23.6 Å². The first-order chi connectivity index (χ1) is 19.1. The number of carboxylic acids is 1. The van der Waals surface area contributed by atoms with E-state index < -0.39 is 39.9 Å². The number of benzene rings is 2. The number of aryl methyl sites for hydroxylation is 1. The number of nitrogens with one attached hydrogen (secondary N) is 1. The monoisotopic (exact) mass is 570 g/mol. The Morgan fingerprint density at radius 1 is 1.18 bits per heavy atom. The number of hydrogen-bond donors (Lipinski definition) is 3. The molecule has 4 rings (SSSR count). The molecule has 1 fully saturated rings. The predicted molar refractivity (Wildman–Crippen MR) is 148 cm³/mol. The summed E-state index contributed by atoms with van der Waals surface area (Å²) >= 11 is 0. The van der Waals surface area contributed by atoms with Crippen LogP contribution in [0.4, 0.5) is 0 Å². The summed E-state index contributed by atoms with van der Waals surface area (Å²) in [6, 6.07) is 8.57. The summed E-state index contributed by atoms with van der Waals surface area (Å²) in [4.78, 5) is 44.4. The number of sulfonamides is 1. The lowest BCUT2D eigenvalue weighted by molar-refractivity contribution is -0.149. The number of amides is 2. The second-order valence-corrected chi connectivity index (χ2v) is 11.7. The average molecular weight is 571 g/mol.